The van der Waals surface area contributed by atoms with E-state index >= 15 is 0 Å². The largest absolute Gasteiger partial charge is 0.396 e. The van der Waals surface area contributed by atoms with Gasteiger partial charge in [-0.15, -0.1) is 0 Å². The molecule has 1 aliphatic heterocycles. The zero-order chi connectivity index (χ0) is 8.97. The van der Waals surface area contributed by atoms with Gasteiger partial charge in [0, 0.05) is 18.7 Å². The van der Waals surface area contributed by atoms with Crippen molar-refractivity contribution in [1.82, 2.24) is 4.90 Å². The van der Waals surface area contributed by atoms with Crippen molar-refractivity contribution in [3.05, 3.63) is 0 Å². The molecule has 2 atom stereocenters. The molecule has 0 amide bonds. The Morgan fingerprint density at radius 1 is 1.42 bits per heavy atom. The third kappa shape index (κ3) is 2.19. The number of hydrogen-bond acceptors (Lipinski definition) is 3. The van der Waals surface area contributed by atoms with Crippen LogP contribution in [0.2, 0.25) is 0 Å². The third-order valence-electron chi connectivity index (χ3n) is 2.71. The Hall–Kier alpha value is -0.120. The van der Waals surface area contributed by atoms with E-state index in [2.05, 4.69) is 18.9 Å². The van der Waals surface area contributed by atoms with E-state index in [0.29, 0.717) is 12.1 Å². The molecule has 3 heteroatoms. The first kappa shape index (κ1) is 9.96. The SMILES string of the molecule is CCC1COCC(CCO)N1C. The molecule has 1 aliphatic rings. The fourth-order valence-electron chi connectivity index (χ4n) is 1.72. The first-order valence-corrected chi connectivity index (χ1v) is 4.70. The second-order valence-corrected chi connectivity index (χ2v) is 3.43. The quantitative estimate of drug-likeness (QED) is 0.673. The molecule has 2 unspecified atom stereocenters. The summed E-state index contributed by atoms with van der Waals surface area (Å²) in [7, 11) is 2.12. The zero-order valence-corrected chi connectivity index (χ0v) is 7.99. The van der Waals surface area contributed by atoms with Crippen LogP contribution in [0.25, 0.3) is 0 Å². The smallest absolute Gasteiger partial charge is 0.0623 e. The number of rotatable bonds is 3. The molecule has 0 aliphatic carbocycles. The molecule has 0 bridgehead atoms. The third-order valence-corrected chi connectivity index (χ3v) is 2.71. The highest BCUT2D eigenvalue weighted by Crippen LogP contribution is 2.15. The Kier molecular flexibility index (Phi) is 3.98. The summed E-state index contributed by atoms with van der Waals surface area (Å²) >= 11 is 0. The number of aliphatic hydroxyl groups is 1. The first-order valence-electron chi connectivity index (χ1n) is 4.70. The number of likely N-dealkylation sites (N-methyl/N-ethyl adjacent to an activating group) is 1. The molecule has 72 valence electrons. The highest BCUT2D eigenvalue weighted by Gasteiger charge is 2.26. The molecule has 1 rings (SSSR count). The topological polar surface area (TPSA) is 32.7 Å². The lowest BCUT2D eigenvalue weighted by Crippen LogP contribution is -2.49. The zero-order valence-electron chi connectivity index (χ0n) is 7.99. The second-order valence-electron chi connectivity index (χ2n) is 3.43. The van der Waals surface area contributed by atoms with Gasteiger partial charge in [-0.05, 0) is 19.9 Å². The van der Waals surface area contributed by atoms with Crippen LogP contribution in [0, 0.1) is 0 Å². The van der Waals surface area contributed by atoms with E-state index in [-0.39, 0.29) is 6.61 Å². The maximum atomic E-state index is 8.81. The summed E-state index contributed by atoms with van der Waals surface area (Å²) in [5.74, 6) is 0. The van der Waals surface area contributed by atoms with Crippen LogP contribution in [-0.4, -0.2) is 49.0 Å². The molecule has 1 saturated heterocycles. The van der Waals surface area contributed by atoms with Crippen LogP contribution >= 0.6 is 0 Å². The van der Waals surface area contributed by atoms with Crippen LogP contribution in [0.4, 0.5) is 0 Å². The van der Waals surface area contributed by atoms with E-state index in [9.17, 15) is 0 Å². The standard InChI is InChI=1S/C9H19NO2/c1-3-8-6-12-7-9(4-5-11)10(8)2/h8-9,11H,3-7H2,1-2H3. The summed E-state index contributed by atoms with van der Waals surface area (Å²) in [6.07, 6.45) is 1.95. The number of aliphatic hydroxyl groups excluding tert-OH is 1. The summed E-state index contributed by atoms with van der Waals surface area (Å²) in [5, 5.41) is 8.81. The van der Waals surface area contributed by atoms with Crippen molar-refractivity contribution in [2.24, 2.45) is 0 Å². The maximum absolute atomic E-state index is 8.81. The Bertz CT molecular complexity index is 128. The molecule has 0 saturated carbocycles. The van der Waals surface area contributed by atoms with Crippen molar-refractivity contribution < 1.29 is 9.84 Å². The number of morpholine rings is 1. The first-order chi connectivity index (χ1) is 5.79. The van der Waals surface area contributed by atoms with Gasteiger partial charge in [0.2, 0.25) is 0 Å². The maximum Gasteiger partial charge on any atom is 0.0623 e. The number of nitrogens with zero attached hydrogens (tertiary/aromatic N) is 1. The van der Waals surface area contributed by atoms with Crippen LogP contribution in [0.1, 0.15) is 19.8 Å². The van der Waals surface area contributed by atoms with Crippen molar-refractivity contribution in [1.29, 1.82) is 0 Å². The predicted octanol–water partition coefficient (Wildman–Crippen LogP) is 0.478. The molecule has 3 nitrogen and oxygen atoms in total. The van der Waals surface area contributed by atoms with E-state index in [1.807, 2.05) is 0 Å². The lowest BCUT2D eigenvalue weighted by atomic mass is 10.1. The van der Waals surface area contributed by atoms with Crippen molar-refractivity contribution in [3.8, 4) is 0 Å². The molecule has 1 N–H and O–H groups in total. The van der Waals surface area contributed by atoms with Gasteiger partial charge in [0.15, 0.2) is 0 Å². The normalized spacial score (nSPS) is 32.2. The monoisotopic (exact) mass is 173 g/mol. The van der Waals surface area contributed by atoms with Gasteiger partial charge in [-0.3, -0.25) is 4.90 Å². The van der Waals surface area contributed by atoms with Crippen molar-refractivity contribution >= 4 is 0 Å². The van der Waals surface area contributed by atoms with Crippen molar-refractivity contribution in [2.45, 2.75) is 31.8 Å². The van der Waals surface area contributed by atoms with Gasteiger partial charge < -0.3 is 9.84 Å². The van der Waals surface area contributed by atoms with Gasteiger partial charge in [0.25, 0.3) is 0 Å². The fourth-order valence-corrected chi connectivity index (χ4v) is 1.72. The van der Waals surface area contributed by atoms with Gasteiger partial charge >= 0.3 is 0 Å². The minimum absolute atomic E-state index is 0.259. The van der Waals surface area contributed by atoms with E-state index < -0.39 is 0 Å². The minimum atomic E-state index is 0.259. The van der Waals surface area contributed by atoms with Gasteiger partial charge in [-0.1, -0.05) is 6.92 Å². The van der Waals surface area contributed by atoms with Crippen LogP contribution in [0.3, 0.4) is 0 Å². The Morgan fingerprint density at radius 2 is 2.08 bits per heavy atom. The van der Waals surface area contributed by atoms with E-state index in [1.54, 1.807) is 0 Å². The molecular weight excluding hydrogens is 154 g/mol. The molecule has 0 radical (unpaired) electrons. The van der Waals surface area contributed by atoms with Crippen molar-refractivity contribution in [3.63, 3.8) is 0 Å². The van der Waals surface area contributed by atoms with Crippen LogP contribution in [0.15, 0.2) is 0 Å². The average Bonchev–Trinajstić information content (AvgIpc) is 2.09. The van der Waals surface area contributed by atoms with Crippen LogP contribution in [-0.2, 0) is 4.74 Å². The molecule has 0 spiro atoms. The highest BCUT2D eigenvalue weighted by atomic mass is 16.5. The second kappa shape index (κ2) is 4.80. The Morgan fingerprint density at radius 3 is 2.67 bits per heavy atom. The molecule has 1 fully saturated rings. The van der Waals surface area contributed by atoms with Gasteiger partial charge in [-0.25, -0.2) is 0 Å². The molecule has 0 aromatic rings. The average molecular weight is 173 g/mol. The lowest BCUT2D eigenvalue weighted by Gasteiger charge is -2.38. The Labute approximate surface area is 74.3 Å². The highest BCUT2D eigenvalue weighted by molar-refractivity contribution is 4.79. The minimum Gasteiger partial charge on any atom is -0.396 e. The lowest BCUT2D eigenvalue weighted by molar-refractivity contribution is -0.0432. The van der Waals surface area contributed by atoms with Gasteiger partial charge in [0.05, 0.1) is 13.2 Å². The van der Waals surface area contributed by atoms with E-state index in [4.69, 9.17) is 9.84 Å². The summed E-state index contributed by atoms with van der Waals surface area (Å²) in [4.78, 5) is 2.33. The van der Waals surface area contributed by atoms with E-state index in [1.165, 1.54) is 0 Å². The van der Waals surface area contributed by atoms with Gasteiger partial charge in [0.1, 0.15) is 0 Å². The molecule has 12 heavy (non-hydrogen) atoms. The van der Waals surface area contributed by atoms with E-state index in [0.717, 1.165) is 26.1 Å². The predicted molar refractivity (Wildman–Crippen MR) is 48.2 cm³/mol. The summed E-state index contributed by atoms with van der Waals surface area (Å²) in [5.41, 5.74) is 0. The summed E-state index contributed by atoms with van der Waals surface area (Å²) in [6.45, 7) is 4.04. The molecule has 1 heterocycles. The van der Waals surface area contributed by atoms with Crippen molar-refractivity contribution in [2.75, 3.05) is 26.9 Å². The molecule has 0 aromatic heterocycles. The number of hydrogen-bond donors (Lipinski definition) is 1. The summed E-state index contributed by atoms with van der Waals surface area (Å²) < 4.78 is 5.46. The summed E-state index contributed by atoms with van der Waals surface area (Å²) in [6, 6.07) is 0.948. The van der Waals surface area contributed by atoms with Crippen LogP contribution < -0.4 is 0 Å². The number of ether oxygens (including phenoxy) is 1. The fraction of sp³-hybridized carbons (Fsp3) is 1.00. The Balaban J connectivity index is 2.41. The van der Waals surface area contributed by atoms with Crippen LogP contribution in [0.5, 0.6) is 0 Å². The molecule has 0 aromatic carbocycles. The molecular formula is C9H19NO2. The van der Waals surface area contributed by atoms with Gasteiger partial charge in [-0.2, -0.15) is 0 Å².